The van der Waals surface area contributed by atoms with Gasteiger partial charge in [0.05, 0.1) is 41.5 Å². The Bertz CT molecular complexity index is 1970. The van der Waals surface area contributed by atoms with E-state index in [1.807, 2.05) is 56.9 Å². The number of allylic oxidation sites excluding steroid dienone is 1. The average molecular weight is 724 g/mol. The van der Waals surface area contributed by atoms with E-state index in [0.29, 0.717) is 31.9 Å². The zero-order chi connectivity index (χ0) is 38.0. The molecule has 15 nitrogen and oxygen atoms in total. The molecule has 280 valence electrons. The highest BCUT2D eigenvalue weighted by Gasteiger charge is 2.37. The lowest BCUT2D eigenvalue weighted by atomic mass is 9.97. The molecule has 2 aliphatic heterocycles. The number of nitrogens with zero attached hydrogens (tertiary/aromatic N) is 6. The van der Waals surface area contributed by atoms with Crippen molar-refractivity contribution in [1.29, 1.82) is 0 Å². The molecule has 2 saturated carbocycles. The third-order valence-corrected chi connectivity index (χ3v) is 9.73. The number of hydrogen-bond donors (Lipinski definition) is 5. The van der Waals surface area contributed by atoms with Gasteiger partial charge in [0.25, 0.3) is 17.7 Å². The highest BCUT2D eigenvalue weighted by molar-refractivity contribution is 5.97. The van der Waals surface area contributed by atoms with E-state index in [-0.39, 0.29) is 64.3 Å². The number of carbonyl (C=O) groups is 4. The summed E-state index contributed by atoms with van der Waals surface area (Å²) in [6.45, 7) is 7.87. The van der Waals surface area contributed by atoms with Crippen molar-refractivity contribution in [1.82, 2.24) is 35.2 Å². The number of fused-ring (bicyclic) bond motifs is 3. The molecule has 1 aromatic carbocycles. The number of para-hydroxylation sites is 1. The van der Waals surface area contributed by atoms with Crippen LogP contribution in [0.5, 0.6) is 0 Å². The Labute approximate surface area is 309 Å². The van der Waals surface area contributed by atoms with Crippen molar-refractivity contribution in [2.45, 2.75) is 65.1 Å². The Hall–Kier alpha value is -5.86. The Kier molecular flexibility index (Phi) is 10.7. The van der Waals surface area contributed by atoms with E-state index in [0.717, 1.165) is 48.2 Å². The van der Waals surface area contributed by atoms with Gasteiger partial charge >= 0.3 is 0 Å². The van der Waals surface area contributed by atoms with Crippen LogP contribution in [0.3, 0.4) is 0 Å². The fourth-order valence-electron chi connectivity index (χ4n) is 6.33. The average Bonchev–Trinajstić information content (AvgIpc) is 4.09. The summed E-state index contributed by atoms with van der Waals surface area (Å²) >= 11 is 0. The van der Waals surface area contributed by atoms with E-state index in [9.17, 15) is 19.2 Å². The van der Waals surface area contributed by atoms with Crippen molar-refractivity contribution in [2.75, 3.05) is 43.9 Å². The SMILES string of the molecule is CC.CCN(C)C(=O)c1cccc(C(=O)N2CC(n3ncc4c3CN(C)c3c(NC(/C=C(\N)NC(=O)C5CC5)=C(/N)C(=O)NC5CC5)cccc3-4)C2)n1. The van der Waals surface area contributed by atoms with Crippen LogP contribution >= 0.6 is 0 Å². The molecule has 0 bridgehead atoms. The molecular formula is C38H49N11O4. The van der Waals surface area contributed by atoms with E-state index >= 15 is 0 Å². The fourth-order valence-corrected chi connectivity index (χ4v) is 6.33. The molecule has 2 aliphatic carbocycles. The lowest BCUT2D eigenvalue weighted by Gasteiger charge is -2.40. The molecule has 3 fully saturated rings. The Morgan fingerprint density at radius 3 is 2.36 bits per heavy atom. The lowest BCUT2D eigenvalue weighted by molar-refractivity contribution is -0.121. The fraction of sp³-hybridized carbons (Fsp3) is 0.421. The van der Waals surface area contributed by atoms with Crippen LogP contribution in [0, 0.1) is 5.92 Å². The van der Waals surface area contributed by atoms with Gasteiger partial charge in [0.15, 0.2) is 0 Å². The highest BCUT2D eigenvalue weighted by Crippen LogP contribution is 2.44. The number of rotatable bonds is 11. The number of nitrogens with two attached hydrogens (primary N) is 2. The standard InChI is InChI=1S/C36H43N11O4.C2H6/c1-4-44(2)35(50)26-9-6-10-27(42-26)36(51)46-17-22(18-46)47-29-19-45(3)32-23(24(29)16-39-47)7-5-8-25(32)41-28(31(38)34(49)40-21-13-14-21)15-30(37)43-33(48)20-11-12-20;1-2/h5-10,15-16,20-22,41H,4,11-14,17-19,37-38H2,1-3H3,(H,40,49)(H,43,48);1-2H3/b30-15+,31-28+;. The van der Waals surface area contributed by atoms with Crippen molar-refractivity contribution < 1.29 is 19.2 Å². The number of benzene rings is 1. The summed E-state index contributed by atoms with van der Waals surface area (Å²) in [5, 5.41) is 13.7. The van der Waals surface area contributed by atoms with Gasteiger partial charge in [-0.25, -0.2) is 4.98 Å². The summed E-state index contributed by atoms with van der Waals surface area (Å²) in [6.07, 6.45) is 6.81. The van der Waals surface area contributed by atoms with E-state index in [1.165, 1.54) is 6.08 Å². The maximum atomic E-state index is 13.3. The van der Waals surface area contributed by atoms with Gasteiger partial charge in [-0.05, 0) is 50.8 Å². The van der Waals surface area contributed by atoms with Gasteiger partial charge in [-0.15, -0.1) is 0 Å². The van der Waals surface area contributed by atoms with Gasteiger partial charge in [-0.1, -0.05) is 32.0 Å². The van der Waals surface area contributed by atoms with Gasteiger partial charge < -0.3 is 42.1 Å². The minimum absolute atomic E-state index is 0.0247. The molecule has 1 saturated heterocycles. The third kappa shape index (κ3) is 7.83. The second kappa shape index (κ2) is 15.4. The third-order valence-electron chi connectivity index (χ3n) is 9.73. The monoisotopic (exact) mass is 723 g/mol. The molecule has 53 heavy (non-hydrogen) atoms. The first-order chi connectivity index (χ1) is 25.5. The predicted molar refractivity (Wildman–Crippen MR) is 202 cm³/mol. The first kappa shape index (κ1) is 36.9. The molecule has 15 heteroatoms. The number of pyridine rings is 1. The number of likely N-dealkylation sites (tertiary alicyclic amines) is 1. The Morgan fingerprint density at radius 2 is 1.68 bits per heavy atom. The van der Waals surface area contributed by atoms with Crippen LogP contribution in [0.25, 0.3) is 11.1 Å². The van der Waals surface area contributed by atoms with Crippen LogP contribution in [0.4, 0.5) is 11.4 Å². The number of amides is 4. The number of hydrogen-bond acceptors (Lipinski definition) is 10. The van der Waals surface area contributed by atoms with E-state index < -0.39 is 5.91 Å². The Morgan fingerprint density at radius 1 is 0.981 bits per heavy atom. The molecule has 3 aromatic rings. The van der Waals surface area contributed by atoms with Gasteiger partial charge in [0.1, 0.15) is 22.9 Å². The van der Waals surface area contributed by atoms with Crippen molar-refractivity contribution in [3.05, 3.63) is 83.0 Å². The molecule has 0 unspecified atom stereocenters. The van der Waals surface area contributed by atoms with Crippen LogP contribution in [-0.4, -0.2) is 88.0 Å². The maximum Gasteiger partial charge on any atom is 0.272 e. The minimum Gasteiger partial charge on any atom is -0.393 e. The number of anilines is 2. The first-order valence-electron chi connectivity index (χ1n) is 18.3. The van der Waals surface area contributed by atoms with Crippen LogP contribution in [-0.2, 0) is 16.1 Å². The molecule has 4 amide bonds. The quantitative estimate of drug-likeness (QED) is 0.145. The smallest absolute Gasteiger partial charge is 0.272 e. The summed E-state index contributed by atoms with van der Waals surface area (Å²) in [4.78, 5) is 61.1. The van der Waals surface area contributed by atoms with Crippen LogP contribution in [0.15, 0.2) is 65.9 Å². The predicted octanol–water partition coefficient (Wildman–Crippen LogP) is 2.90. The van der Waals surface area contributed by atoms with E-state index in [1.54, 1.807) is 35.0 Å². The van der Waals surface area contributed by atoms with Crippen molar-refractivity contribution in [2.24, 2.45) is 17.4 Å². The van der Waals surface area contributed by atoms with Crippen LogP contribution < -0.4 is 32.3 Å². The molecule has 7 N–H and O–H groups in total. The topological polar surface area (TPSA) is 197 Å². The number of nitrogens with one attached hydrogen (secondary N) is 3. The molecule has 0 atom stereocenters. The number of aromatic nitrogens is 3. The lowest BCUT2D eigenvalue weighted by Crippen LogP contribution is -2.51. The largest absolute Gasteiger partial charge is 0.393 e. The summed E-state index contributed by atoms with van der Waals surface area (Å²) < 4.78 is 1.99. The maximum absolute atomic E-state index is 13.3. The second-order valence-corrected chi connectivity index (χ2v) is 13.7. The van der Waals surface area contributed by atoms with Crippen LogP contribution in [0.1, 0.15) is 79.2 Å². The summed E-state index contributed by atoms with van der Waals surface area (Å²) in [5.41, 5.74) is 17.8. The first-order valence-corrected chi connectivity index (χ1v) is 18.3. The van der Waals surface area contributed by atoms with Crippen molar-refractivity contribution >= 4 is 35.0 Å². The van der Waals surface area contributed by atoms with E-state index in [2.05, 4.69) is 25.8 Å². The minimum atomic E-state index is -0.409. The highest BCUT2D eigenvalue weighted by atomic mass is 16.2. The molecule has 4 aliphatic rings. The van der Waals surface area contributed by atoms with Gasteiger partial charge in [-0.3, -0.25) is 23.9 Å². The summed E-state index contributed by atoms with van der Waals surface area (Å²) in [5.74, 6) is -0.967. The van der Waals surface area contributed by atoms with Gasteiger partial charge in [-0.2, -0.15) is 5.10 Å². The van der Waals surface area contributed by atoms with Gasteiger partial charge in [0, 0.05) is 62.9 Å². The molecule has 0 spiro atoms. The zero-order valence-electron chi connectivity index (χ0n) is 31.0. The zero-order valence-corrected chi connectivity index (χ0v) is 31.0. The van der Waals surface area contributed by atoms with Gasteiger partial charge in [0.2, 0.25) is 5.91 Å². The normalized spacial score (nSPS) is 16.9. The summed E-state index contributed by atoms with van der Waals surface area (Å²) in [6, 6.07) is 10.8. The molecule has 7 rings (SSSR count). The second-order valence-electron chi connectivity index (χ2n) is 13.7. The Balaban J connectivity index is 0.00000236. The molecule has 0 radical (unpaired) electrons. The molecule has 4 heterocycles. The van der Waals surface area contributed by atoms with Crippen molar-refractivity contribution in [3.8, 4) is 11.1 Å². The molecular weight excluding hydrogens is 674 g/mol. The van der Waals surface area contributed by atoms with Crippen LogP contribution in [0.2, 0.25) is 0 Å². The van der Waals surface area contributed by atoms with E-state index in [4.69, 9.17) is 16.6 Å². The summed E-state index contributed by atoms with van der Waals surface area (Å²) in [7, 11) is 3.67. The van der Waals surface area contributed by atoms with Crippen molar-refractivity contribution in [3.63, 3.8) is 0 Å². The molecule has 2 aromatic heterocycles. The number of carbonyl (C=O) groups excluding carboxylic acids is 4.